The summed E-state index contributed by atoms with van der Waals surface area (Å²) in [7, 11) is -0.655. The van der Waals surface area contributed by atoms with Crippen LogP contribution in [0, 0.1) is 6.92 Å². The van der Waals surface area contributed by atoms with Crippen molar-refractivity contribution in [2.45, 2.75) is 18.4 Å². The van der Waals surface area contributed by atoms with E-state index in [9.17, 15) is 17.9 Å². The normalized spacial score (nSPS) is 12.8. The molecule has 0 aliphatic carbocycles. The first-order valence-corrected chi connectivity index (χ1v) is 10.5. The number of hydrogen-bond donors (Lipinski definition) is 2. The zero-order valence-corrected chi connectivity index (χ0v) is 17.4. The third kappa shape index (κ3) is 3.91. The van der Waals surface area contributed by atoms with Crippen molar-refractivity contribution >= 4 is 20.9 Å². The van der Waals surface area contributed by atoms with E-state index in [1.807, 2.05) is 6.92 Å². The summed E-state index contributed by atoms with van der Waals surface area (Å²) in [6, 6.07) is 11.5. The molecule has 0 saturated heterocycles. The highest BCUT2D eigenvalue weighted by atomic mass is 32.2. The van der Waals surface area contributed by atoms with Crippen molar-refractivity contribution in [2.75, 3.05) is 20.6 Å². The lowest BCUT2D eigenvalue weighted by atomic mass is 10.0. The maximum atomic E-state index is 14.2. The molecular formula is C21H24FN3O3S. The number of halogens is 1. The molecule has 0 amide bonds. The zero-order chi connectivity index (χ0) is 21.3. The number of sulfonamides is 1. The van der Waals surface area contributed by atoms with Crippen molar-refractivity contribution < 1.29 is 17.9 Å². The average Bonchev–Trinajstić information content (AvgIpc) is 2.92. The maximum Gasteiger partial charge on any atom is 0.242 e. The molecule has 0 spiro atoms. The quantitative estimate of drug-likeness (QED) is 0.644. The second kappa shape index (κ2) is 7.98. The highest BCUT2D eigenvalue weighted by Gasteiger charge is 2.21. The van der Waals surface area contributed by atoms with E-state index in [2.05, 4.69) is 0 Å². The smallest absolute Gasteiger partial charge is 0.242 e. The SMILES string of the molecule is Cc1c(-c2cccc(S(=O)(=O)N(C)C)c2)c2cc(O)ccc2n1C/C(F)=C/CN. The number of hydrogen-bond acceptors (Lipinski definition) is 4. The number of phenols is 1. The lowest BCUT2D eigenvalue weighted by Gasteiger charge is -2.13. The van der Waals surface area contributed by atoms with Crippen LogP contribution in [0.1, 0.15) is 5.69 Å². The average molecular weight is 418 g/mol. The van der Waals surface area contributed by atoms with Crippen molar-refractivity contribution in [1.29, 1.82) is 0 Å². The molecule has 0 bridgehead atoms. The Morgan fingerprint density at radius 2 is 1.97 bits per heavy atom. The molecule has 0 atom stereocenters. The summed E-state index contributed by atoms with van der Waals surface area (Å²) in [5, 5.41) is 10.7. The first-order chi connectivity index (χ1) is 13.7. The number of nitrogens with zero attached hydrogens (tertiary/aromatic N) is 2. The number of fused-ring (bicyclic) bond motifs is 1. The van der Waals surface area contributed by atoms with Gasteiger partial charge in [-0.3, -0.25) is 0 Å². The molecule has 0 aliphatic rings. The van der Waals surface area contributed by atoms with E-state index in [1.54, 1.807) is 41.0 Å². The molecule has 3 rings (SSSR count). The highest BCUT2D eigenvalue weighted by Crippen LogP contribution is 2.37. The van der Waals surface area contributed by atoms with Gasteiger partial charge in [-0.05, 0) is 48.9 Å². The largest absolute Gasteiger partial charge is 0.508 e. The van der Waals surface area contributed by atoms with Crippen LogP contribution >= 0.6 is 0 Å². The van der Waals surface area contributed by atoms with Crippen molar-refractivity contribution in [3.05, 3.63) is 60.1 Å². The number of phenolic OH excluding ortho intramolecular Hbond substituents is 1. The monoisotopic (exact) mass is 417 g/mol. The standard InChI is InChI=1S/C21H24FN3O3S/c1-14-21(15-5-4-6-18(11-15)29(27,28)24(2)3)19-12-17(26)7-8-20(19)25(14)13-16(22)9-10-23/h4-9,11-12,26H,10,13,23H2,1-3H3/b16-9-. The first-order valence-electron chi connectivity index (χ1n) is 9.06. The molecule has 6 nitrogen and oxygen atoms in total. The molecule has 3 N–H and O–H groups in total. The number of allylic oxidation sites excluding steroid dienone is 1. The Balaban J connectivity index is 2.27. The van der Waals surface area contributed by atoms with Gasteiger partial charge in [-0.2, -0.15) is 0 Å². The van der Waals surface area contributed by atoms with Gasteiger partial charge in [0.25, 0.3) is 0 Å². The van der Waals surface area contributed by atoms with Gasteiger partial charge in [0.15, 0.2) is 0 Å². The van der Waals surface area contributed by atoms with Crippen LogP contribution in [0.5, 0.6) is 5.75 Å². The summed E-state index contributed by atoms with van der Waals surface area (Å²) < 4.78 is 42.3. The number of aromatic nitrogens is 1. The first kappa shape index (κ1) is 21.0. The molecule has 0 radical (unpaired) electrons. The lowest BCUT2D eigenvalue weighted by Crippen LogP contribution is -2.22. The number of benzene rings is 2. The van der Waals surface area contributed by atoms with Crippen LogP contribution in [0.25, 0.3) is 22.0 Å². The van der Waals surface area contributed by atoms with Crippen LogP contribution in [-0.2, 0) is 16.6 Å². The summed E-state index contributed by atoms with van der Waals surface area (Å²) >= 11 is 0. The van der Waals surface area contributed by atoms with Crippen LogP contribution in [0.4, 0.5) is 4.39 Å². The van der Waals surface area contributed by atoms with Crippen LogP contribution in [-0.4, -0.2) is 43.0 Å². The van der Waals surface area contributed by atoms with Gasteiger partial charge < -0.3 is 15.4 Å². The lowest BCUT2D eigenvalue weighted by molar-refractivity contribution is 0.476. The van der Waals surface area contributed by atoms with Crippen LogP contribution in [0.3, 0.4) is 0 Å². The van der Waals surface area contributed by atoms with Gasteiger partial charge in [0, 0.05) is 42.8 Å². The van der Waals surface area contributed by atoms with Crippen LogP contribution < -0.4 is 5.73 Å². The number of nitrogens with two attached hydrogens (primary N) is 1. The third-order valence-corrected chi connectivity index (χ3v) is 6.67. The van der Waals surface area contributed by atoms with E-state index < -0.39 is 10.0 Å². The fourth-order valence-corrected chi connectivity index (χ4v) is 4.35. The van der Waals surface area contributed by atoms with E-state index in [-0.39, 0.29) is 29.6 Å². The Labute approximate surface area is 169 Å². The van der Waals surface area contributed by atoms with Crippen molar-refractivity contribution in [3.8, 4) is 16.9 Å². The van der Waals surface area contributed by atoms with E-state index in [1.165, 1.54) is 26.2 Å². The zero-order valence-electron chi connectivity index (χ0n) is 16.6. The summed E-state index contributed by atoms with van der Waals surface area (Å²) in [5.74, 6) is -0.290. The van der Waals surface area contributed by atoms with Crippen LogP contribution in [0.2, 0.25) is 0 Å². The van der Waals surface area contributed by atoms with Gasteiger partial charge in [0.1, 0.15) is 11.6 Å². The minimum Gasteiger partial charge on any atom is -0.508 e. The van der Waals surface area contributed by atoms with Gasteiger partial charge in [0.05, 0.1) is 11.4 Å². The van der Waals surface area contributed by atoms with Crippen molar-refractivity contribution in [3.63, 3.8) is 0 Å². The summed E-state index contributed by atoms with van der Waals surface area (Å²) in [4.78, 5) is 0.162. The second-order valence-electron chi connectivity index (χ2n) is 6.95. The van der Waals surface area contributed by atoms with Gasteiger partial charge in [-0.15, -0.1) is 0 Å². The minimum absolute atomic E-state index is 0.00000429. The highest BCUT2D eigenvalue weighted by molar-refractivity contribution is 7.89. The second-order valence-corrected chi connectivity index (χ2v) is 9.10. The van der Waals surface area contributed by atoms with Gasteiger partial charge in [-0.25, -0.2) is 17.1 Å². The molecule has 0 fully saturated rings. The maximum absolute atomic E-state index is 14.2. The summed E-state index contributed by atoms with van der Waals surface area (Å²) in [6.07, 6.45) is 1.32. The molecular weight excluding hydrogens is 393 g/mol. The third-order valence-electron chi connectivity index (χ3n) is 4.86. The molecule has 154 valence electrons. The molecule has 0 saturated carbocycles. The van der Waals surface area contributed by atoms with Gasteiger partial charge >= 0.3 is 0 Å². The molecule has 1 aromatic heterocycles. The number of aromatic hydroxyl groups is 1. The van der Waals surface area contributed by atoms with Gasteiger partial charge in [-0.1, -0.05) is 12.1 Å². The Morgan fingerprint density at radius 1 is 1.24 bits per heavy atom. The fraction of sp³-hybridized carbons (Fsp3) is 0.238. The van der Waals surface area contributed by atoms with Gasteiger partial charge in [0.2, 0.25) is 10.0 Å². The van der Waals surface area contributed by atoms with Crippen molar-refractivity contribution in [1.82, 2.24) is 8.87 Å². The molecule has 8 heteroatoms. The Hall–Kier alpha value is -2.68. The molecule has 1 heterocycles. The summed E-state index contributed by atoms with van der Waals surface area (Å²) in [6.45, 7) is 1.94. The van der Waals surface area contributed by atoms with Crippen molar-refractivity contribution in [2.24, 2.45) is 5.73 Å². The van der Waals surface area contributed by atoms with E-state index in [4.69, 9.17) is 5.73 Å². The van der Waals surface area contributed by atoms with Crippen LogP contribution in [0.15, 0.2) is 59.3 Å². The molecule has 29 heavy (non-hydrogen) atoms. The molecule has 2 aromatic carbocycles. The molecule has 3 aromatic rings. The summed E-state index contributed by atoms with van der Waals surface area (Å²) in [5.41, 5.74) is 8.31. The topological polar surface area (TPSA) is 88.6 Å². The predicted octanol–water partition coefficient (Wildman–Crippen LogP) is 3.38. The predicted molar refractivity (Wildman–Crippen MR) is 113 cm³/mol. The Bertz CT molecular complexity index is 1200. The van der Waals surface area contributed by atoms with E-state index in [0.717, 1.165) is 21.1 Å². The number of rotatable bonds is 6. The van der Waals surface area contributed by atoms with E-state index >= 15 is 0 Å². The Kier molecular flexibility index (Phi) is 5.79. The molecule has 0 unspecified atom stereocenters. The minimum atomic E-state index is -3.61. The Morgan fingerprint density at radius 3 is 2.62 bits per heavy atom. The fourth-order valence-electron chi connectivity index (χ4n) is 3.40. The van der Waals surface area contributed by atoms with E-state index in [0.29, 0.717) is 10.9 Å². The molecule has 0 aliphatic heterocycles.